The second-order valence-electron chi connectivity index (χ2n) is 6.29. The molecule has 0 spiro atoms. The zero-order valence-electron chi connectivity index (χ0n) is 15.8. The van der Waals surface area contributed by atoms with Crippen molar-refractivity contribution >= 4 is 23.4 Å². The Morgan fingerprint density at radius 2 is 1.97 bits per heavy atom. The maximum Gasteiger partial charge on any atom is 0.338 e. The summed E-state index contributed by atoms with van der Waals surface area (Å²) in [4.78, 5) is 37.3. The Kier molecular flexibility index (Phi) is 5.49. The SMILES string of the molecule is CCOC(=O)C1=C(c2ccccc2)N(C)C(=O)NC1c1cc([N+](=O)[O-])ccc1O. The van der Waals surface area contributed by atoms with Gasteiger partial charge in [0.2, 0.25) is 0 Å². The van der Waals surface area contributed by atoms with Gasteiger partial charge in [0.05, 0.1) is 28.8 Å². The van der Waals surface area contributed by atoms with Crippen molar-refractivity contribution in [1.29, 1.82) is 0 Å². The van der Waals surface area contributed by atoms with Gasteiger partial charge >= 0.3 is 12.0 Å². The number of urea groups is 1. The summed E-state index contributed by atoms with van der Waals surface area (Å²) in [6, 6.07) is 10.5. The van der Waals surface area contributed by atoms with Crippen molar-refractivity contribution in [1.82, 2.24) is 10.2 Å². The van der Waals surface area contributed by atoms with Crippen LogP contribution >= 0.6 is 0 Å². The van der Waals surface area contributed by atoms with E-state index >= 15 is 0 Å². The van der Waals surface area contributed by atoms with Crippen molar-refractivity contribution in [2.75, 3.05) is 13.7 Å². The molecule has 150 valence electrons. The number of non-ortho nitro benzene ring substituents is 1. The number of nitrogens with one attached hydrogen (secondary N) is 1. The zero-order valence-corrected chi connectivity index (χ0v) is 15.8. The van der Waals surface area contributed by atoms with Crippen LogP contribution < -0.4 is 5.32 Å². The largest absolute Gasteiger partial charge is 0.508 e. The van der Waals surface area contributed by atoms with Gasteiger partial charge in [0.25, 0.3) is 5.69 Å². The fourth-order valence-corrected chi connectivity index (χ4v) is 3.20. The monoisotopic (exact) mass is 397 g/mol. The maximum absolute atomic E-state index is 12.9. The molecule has 9 nitrogen and oxygen atoms in total. The first-order valence-electron chi connectivity index (χ1n) is 8.83. The number of carbonyl (C=O) groups is 2. The van der Waals surface area contributed by atoms with E-state index in [1.165, 1.54) is 11.9 Å². The molecular formula is C20H19N3O6. The number of benzene rings is 2. The van der Waals surface area contributed by atoms with Crippen molar-refractivity contribution in [3.05, 3.63) is 75.3 Å². The summed E-state index contributed by atoms with van der Waals surface area (Å²) < 4.78 is 5.20. The van der Waals surface area contributed by atoms with Crippen molar-refractivity contribution in [3.8, 4) is 5.75 Å². The second-order valence-corrected chi connectivity index (χ2v) is 6.29. The van der Waals surface area contributed by atoms with Crippen LogP contribution in [0.4, 0.5) is 10.5 Å². The topological polar surface area (TPSA) is 122 Å². The minimum absolute atomic E-state index is 0.0251. The van der Waals surface area contributed by atoms with Crippen molar-refractivity contribution in [2.24, 2.45) is 0 Å². The third-order valence-corrected chi connectivity index (χ3v) is 4.53. The van der Waals surface area contributed by atoms with E-state index < -0.39 is 23.0 Å². The van der Waals surface area contributed by atoms with Crippen LogP contribution in [0, 0.1) is 10.1 Å². The molecule has 29 heavy (non-hydrogen) atoms. The van der Waals surface area contributed by atoms with E-state index in [0.717, 1.165) is 18.2 Å². The van der Waals surface area contributed by atoms with Gasteiger partial charge in [-0.1, -0.05) is 30.3 Å². The van der Waals surface area contributed by atoms with Crippen LogP contribution in [0.25, 0.3) is 5.70 Å². The minimum atomic E-state index is -1.13. The first-order chi connectivity index (χ1) is 13.8. The number of nitro benzene ring substituents is 1. The summed E-state index contributed by atoms with van der Waals surface area (Å²) in [5, 5.41) is 24.2. The average Bonchev–Trinajstić information content (AvgIpc) is 2.70. The number of ether oxygens (including phenoxy) is 1. The van der Waals surface area contributed by atoms with Gasteiger partial charge in [0.1, 0.15) is 5.75 Å². The van der Waals surface area contributed by atoms with E-state index in [0.29, 0.717) is 11.3 Å². The highest BCUT2D eigenvalue weighted by Crippen LogP contribution is 2.39. The number of esters is 1. The number of carbonyl (C=O) groups excluding carboxylic acids is 2. The number of aromatic hydroxyl groups is 1. The molecule has 1 atom stereocenters. The second kappa shape index (κ2) is 8.01. The van der Waals surface area contributed by atoms with E-state index in [1.807, 2.05) is 0 Å². The van der Waals surface area contributed by atoms with Crippen LogP contribution in [-0.4, -0.2) is 40.6 Å². The molecule has 0 aromatic heterocycles. The van der Waals surface area contributed by atoms with Crippen LogP contribution in [0.1, 0.15) is 24.1 Å². The summed E-state index contributed by atoms with van der Waals surface area (Å²) in [5.74, 6) is -0.992. The first kappa shape index (κ1) is 19.9. The number of phenols is 1. The Balaban J connectivity index is 2.29. The lowest BCUT2D eigenvalue weighted by atomic mass is 9.91. The van der Waals surface area contributed by atoms with E-state index in [-0.39, 0.29) is 29.2 Å². The normalized spacial score (nSPS) is 16.4. The molecule has 9 heteroatoms. The quantitative estimate of drug-likeness (QED) is 0.454. The van der Waals surface area contributed by atoms with Gasteiger partial charge in [-0.25, -0.2) is 9.59 Å². The van der Waals surface area contributed by atoms with Crippen molar-refractivity contribution in [2.45, 2.75) is 13.0 Å². The van der Waals surface area contributed by atoms with E-state index in [2.05, 4.69) is 5.32 Å². The predicted octanol–water partition coefficient (Wildman–Crippen LogP) is 2.97. The molecule has 0 bridgehead atoms. The fourth-order valence-electron chi connectivity index (χ4n) is 3.20. The Morgan fingerprint density at radius 3 is 2.59 bits per heavy atom. The number of hydrogen-bond donors (Lipinski definition) is 2. The van der Waals surface area contributed by atoms with Crippen molar-refractivity contribution in [3.63, 3.8) is 0 Å². The van der Waals surface area contributed by atoms with Gasteiger partial charge in [0, 0.05) is 24.7 Å². The van der Waals surface area contributed by atoms with Crippen LogP contribution in [0.2, 0.25) is 0 Å². The Labute approximate surface area is 166 Å². The number of hydrogen-bond acceptors (Lipinski definition) is 6. The molecule has 0 radical (unpaired) electrons. The summed E-state index contributed by atoms with van der Waals surface area (Å²) >= 11 is 0. The van der Waals surface area contributed by atoms with Crippen LogP contribution in [-0.2, 0) is 9.53 Å². The minimum Gasteiger partial charge on any atom is -0.508 e. The molecule has 0 aliphatic carbocycles. The van der Waals surface area contributed by atoms with Gasteiger partial charge < -0.3 is 15.2 Å². The molecule has 2 aromatic carbocycles. The van der Waals surface area contributed by atoms with E-state index in [9.17, 15) is 24.8 Å². The fraction of sp³-hybridized carbons (Fsp3) is 0.200. The Morgan fingerprint density at radius 1 is 1.28 bits per heavy atom. The first-order valence-corrected chi connectivity index (χ1v) is 8.83. The summed E-state index contributed by atoms with van der Waals surface area (Å²) in [7, 11) is 1.50. The average molecular weight is 397 g/mol. The third-order valence-electron chi connectivity index (χ3n) is 4.53. The molecule has 2 aromatic rings. The molecule has 2 amide bonds. The molecule has 0 saturated heterocycles. The van der Waals surface area contributed by atoms with Gasteiger partial charge in [-0.2, -0.15) is 0 Å². The lowest BCUT2D eigenvalue weighted by Crippen LogP contribution is -2.46. The highest BCUT2D eigenvalue weighted by molar-refractivity contribution is 6.04. The van der Waals surface area contributed by atoms with E-state index in [4.69, 9.17) is 4.74 Å². The number of nitrogens with zero attached hydrogens (tertiary/aromatic N) is 2. The number of phenolic OH excluding ortho intramolecular Hbond substituents is 1. The Hall–Kier alpha value is -3.88. The smallest absolute Gasteiger partial charge is 0.338 e. The molecule has 2 N–H and O–H groups in total. The molecule has 0 saturated carbocycles. The number of amides is 2. The molecule has 0 fully saturated rings. The highest BCUT2D eigenvalue weighted by Gasteiger charge is 2.39. The summed E-state index contributed by atoms with van der Waals surface area (Å²) in [5.41, 5.74) is 0.690. The lowest BCUT2D eigenvalue weighted by Gasteiger charge is -2.34. The molecule has 3 rings (SSSR count). The van der Waals surface area contributed by atoms with Gasteiger partial charge in [-0.15, -0.1) is 0 Å². The maximum atomic E-state index is 12.9. The Bertz CT molecular complexity index is 1000. The molecule has 1 heterocycles. The van der Waals surface area contributed by atoms with Gasteiger partial charge in [-0.3, -0.25) is 15.0 Å². The van der Waals surface area contributed by atoms with Gasteiger partial charge in [0.15, 0.2) is 0 Å². The third kappa shape index (κ3) is 3.75. The summed E-state index contributed by atoms with van der Waals surface area (Å²) in [6.07, 6.45) is 0. The zero-order chi connectivity index (χ0) is 21.1. The van der Waals surface area contributed by atoms with E-state index in [1.54, 1.807) is 37.3 Å². The standard InChI is InChI=1S/C20H19N3O6/c1-3-29-19(25)16-17(14-11-13(23(27)28)9-10-15(14)24)21-20(26)22(2)18(16)12-7-5-4-6-8-12/h4-11,17,24H,3H2,1-2H3,(H,21,26). The van der Waals surface area contributed by atoms with Crippen LogP contribution in [0.5, 0.6) is 5.75 Å². The summed E-state index contributed by atoms with van der Waals surface area (Å²) in [6.45, 7) is 1.74. The van der Waals surface area contributed by atoms with Gasteiger partial charge in [-0.05, 0) is 18.6 Å². The van der Waals surface area contributed by atoms with Crippen LogP contribution in [0.15, 0.2) is 54.1 Å². The van der Waals surface area contributed by atoms with Crippen LogP contribution in [0.3, 0.4) is 0 Å². The van der Waals surface area contributed by atoms with Crippen molar-refractivity contribution < 1.29 is 24.4 Å². The predicted molar refractivity (Wildman–Crippen MR) is 104 cm³/mol. The lowest BCUT2D eigenvalue weighted by molar-refractivity contribution is -0.385. The number of nitro groups is 1. The highest BCUT2D eigenvalue weighted by atomic mass is 16.6. The number of rotatable bonds is 5. The molecule has 1 aliphatic rings. The molecular weight excluding hydrogens is 378 g/mol. The molecule has 1 aliphatic heterocycles. The molecule has 1 unspecified atom stereocenters.